The van der Waals surface area contributed by atoms with Gasteiger partial charge in [-0.1, -0.05) is 0 Å². The number of alkyl halides is 1. The summed E-state index contributed by atoms with van der Waals surface area (Å²) in [6.45, 7) is 2.62. The van der Waals surface area contributed by atoms with E-state index in [4.69, 9.17) is 9.57 Å². The van der Waals surface area contributed by atoms with Crippen molar-refractivity contribution < 1.29 is 37.4 Å². The highest BCUT2D eigenvalue weighted by molar-refractivity contribution is 5.99. The smallest absolute Gasteiger partial charge is 0.274 e. The fourth-order valence-electron chi connectivity index (χ4n) is 5.40. The SMILES string of the molecule is COC1=NO[C@@]2(CC[C@H](C)N3C[C@H]2n2cc(C(=O)NCc4c(F)cc(C)cc4F)c(=O)c(O)c2C3=O)[C@@H]1F. The predicted molar refractivity (Wildman–Crippen MR) is 127 cm³/mol. The van der Waals surface area contributed by atoms with Crippen molar-refractivity contribution in [3.8, 4) is 5.75 Å². The Labute approximate surface area is 214 Å². The van der Waals surface area contributed by atoms with Crippen molar-refractivity contribution in [2.45, 2.75) is 57.1 Å². The summed E-state index contributed by atoms with van der Waals surface area (Å²) in [5.74, 6) is -4.78. The van der Waals surface area contributed by atoms with Crippen LogP contribution in [0.3, 0.4) is 0 Å². The van der Waals surface area contributed by atoms with Crippen LogP contribution >= 0.6 is 0 Å². The fourth-order valence-corrected chi connectivity index (χ4v) is 5.40. The normalized spacial score (nSPS) is 25.9. The van der Waals surface area contributed by atoms with E-state index in [0.29, 0.717) is 12.0 Å². The highest BCUT2D eigenvalue weighted by Gasteiger charge is 2.61. The molecule has 2 aromatic rings. The molecule has 0 unspecified atom stereocenters. The fraction of sp³-hybridized carbons (Fsp3) is 0.440. The zero-order valence-corrected chi connectivity index (χ0v) is 20.8. The quantitative estimate of drug-likeness (QED) is 0.624. The number of fused-ring (bicyclic) bond motifs is 5. The summed E-state index contributed by atoms with van der Waals surface area (Å²) in [4.78, 5) is 46.3. The molecular formula is C25H25F3N4O6. The largest absolute Gasteiger partial charge is 0.503 e. The Morgan fingerprint density at radius 2 is 2.00 bits per heavy atom. The Morgan fingerprint density at radius 3 is 2.63 bits per heavy atom. The van der Waals surface area contributed by atoms with Crippen LogP contribution in [0.1, 0.15) is 57.8 Å². The summed E-state index contributed by atoms with van der Waals surface area (Å²) < 4.78 is 50.4. The van der Waals surface area contributed by atoms with Crippen LogP contribution in [0.25, 0.3) is 0 Å². The van der Waals surface area contributed by atoms with Gasteiger partial charge in [-0.15, -0.1) is 0 Å². The first-order valence-corrected chi connectivity index (χ1v) is 12.0. The molecule has 3 aliphatic heterocycles. The first-order chi connectivity index (χ1) is 18.0. The van der Waals surface area contributed by atoms with Gasteiger partial charge in [0.1, 0.15) is 17.2 Å². The Hall–Kier alpha value is -4.03. The maximum atomic E-state index is 15.7. The molecule has 13 heteroatoms. The lowest BCUT2D eigenvalue weighted by molar-refractivity contribution is -0.0960. The topological polar surface area (TPSA) is 122 Å². The third-order valence-electron chi connectivity index (χ3n) is 7.54. The van der Waals surface area contributed by atoms with Gasteiger partial charge in [0.25, 0.3) is 17.7 Å². The molecule has 10 nitrogen and oxygen atoms in total. The van der Waals surface area contributed by atoms with E-state index in [0.717, 1.165) is 22.9 Å². The molecule has 38 heavy (non-hydrogen) atoms. The first kappa shape index (κ1) is 25.6. The standard InChI is InChI=1S/C25H25F3N4O6/c1-11-6-15(26)13(16(27)7-11)8-29-22(35)14-9-32-17-10-31(24(36)18(32)20(34)19(14)33)12(2)4-5-25(17)21(28)23(37-3)30-38-25/h6-7,9,12,17,21,34H,4-5,8,10H2,1-3H3,(H,29,35)/t12-,17+,21+,25+/m0/s1. The Kier molecular flexibility index (Phi) is 6.11. The molecule has 0 aliphatic carbocycles. The minimum Gasteiger partial charge on any atom is -0.503 e. The molecule has 2 N–H and O–H groups in total. The summed E-state index contributed by atoms with van der Waals surface area (Å²) in [6, 6.07) is 0.813. The molecule has 1 fully saturated rings. The minimum atomic E-state index is -1.84. The van der Waals surface area contributed by atoms with Gasteiger partial charge >= 0.3 is 0 Å². The second-order valence-electron chi connectivity index (χ2n) is 9.77. The summed E-state index contributed by atoms with van der Waals surface area (Å²) in [5.41, 5.74) is -3.90. The molecular weight excluding hydrogens is 509 g/mol. The number of rotatable bonds is 3. The van der Waals surface area contributed by atoms with Crippen LogP contribution in [0, 0.1) is 18.6 Å². The number of ether oxygens (including phenoxy) is 1. The van der Waals surface area contributed by atoms with Gasteiger partial charge in [0, 0.05) is 30.9 Å². The number of hydrogen-bond donors (Lipinski definition) is 2. The number of aryl methyl sites for hydroxylation is 1. The molecule has 2 bridgehead atoms. The number of carbonyl (C=O) groups excluding carboxylic acids is 2. The van der Waals surface area contributed by atoms with Crippen molar-refractivity contribution in [3.63, 3.8) is 0 Å². The number of benzene rings is 1. The van der Waals surface area contributed by atoms with E-state index in [2.05, 4.69) is 10.5 Å². The van der Waals surface area contributed by atoms with E-state index in [1.54, 1.807) is 6.92 Å². The molecule has 1 aromatic heterocycles. The summed E-state index contributed by atoms with van der Waals surface area (Å²) in [6.07, 6.45) is -0.361. The van der Waals surface area contributed by atoms with E-state index in [-0.39, 0.29) is 24.9 Å². The molecule has 4 heterocycles. The van der Waals surface area contributed by atoms with E-state index < -0.39 is 75.8 Å². The number of carbonyl (C=O) groups is 2. The lowest BCUT2D eigenvalue weighted by Gasteiger charge is -2.42. The van der Waals surface area contributed by atoms with Gasteiger partial charge in [-0.25, -0.2) is 13.2 Å². The zero-order valence-electron chi connectivity index (χ0n) is 20.8. The molecule has 5 rings (SSSR count). The molecule has 0 radical (unpaired) electrons. The maximum Gasteiger partial charge on any atom is 0.274 e. The van der Waals surface area contributed by atoms with Gasteiger partial charge < -0.3 is 29.5 Å². The number of halogens is 3. The monoisotopic (exact) mass is 534 g/mol. The molecule has 1 spiro atoms. The van der Waals surface area contributed by atoms with E-state index in [1.165, 1.54) is 18.9 Å². The van der Waals surface area contributed by atoms with Gasteiger partial charge in [-0.2, -0.15) is 0 Å². The summed E-state index contributed by atoms with van der Waals surface area (Å²) >= 11 is 0. The van der Waals surface area contributed by atoms with E-state index >= 15 is 4.39 Å². The maximum absolute atomic E-state index is 15.7. The lowest BCUT2D eigenvalue weighted by atomic mass is 9.84. The number of aromatic nitrogens is 1. The van der Waals surface area contributed by atoms with Crippen molar-refractivity contribution >= 4 is 17.7 Å². The van der Waals surface area contributed by atoms with Crippen molar-refractivity contribution in [2.75, 3.05) is 13.7 Å². The average Bonchev–Trinajstić information content (AvgIpc) is 3.12. The van der Waals surface area contributed by atoms with Gasteiger partial charge in [0.15, 0.2) is 17.0 Å². The molecule has 2 amide bonds. The van der Waals surface area contributed by atoms with Gasteiger partial charge in [0.05, 0.1) is 13.2 Å². The zero-order chi connectivity index (χ0) is 27.5. The van der Waals surface area contributed by atoms with Crippen LogP contribution < -0.4 is 10.7 Å². The lowest BCUT2D eigenvalue weighted by Crippen LogP contribution is -2.55. The second kappa shape index (κ2) is 9.07. The van der Waals surface area contributed by atoms with Gasteiger partial charge in [-0.05, 0) is 49.5 Å². The summed E-state index contributed by atoms with van der Waals surface area (Å²) in [7, 11) is 1.24. The van der Waals surface area contributed by atoms with Crippen LogP contribution in [0.4, 0.5) is 13.2 Å². The van der Waals surface area contributed by atoms with Crippen LogP contribution in [0.5, 0.6) is 5.75 Å². The number of aromatic hydroxyl groups is 1. The minimum absolute atomic E-state index is 0.0525. The molecule has 1 aromatic carbocycles. The molecule has 4 atom stereocenters. The molecule has 202 valence electrons. The number of oxime groups is 1. The molecule has 0 saturated carbocycles. The van der Waals surface area contributed by atoms with Crippen LogP contribution in [0.15, 0.2) is 28.3 Å². The van der Waals surface area contributed by atoms with Gasteiger partial charge in [-0.3, -0.25) is 14.4 Å². The highest BCUT2D eigenvalue weighted by atomic mass is 19.1. The third-order valence-corrected chi connectivity index (χ3v) is 7.54. The van der Waals surface area contributed by atoms with Crippen LogP contribution in [0.2, 0.25) is 0 Å². The summed E-state index contributed by atoms with van der Waals surface area (Å²) in [5, 5.41) is 16.8. The average molecular weight is 534 g/mol. The third kappa shape index (κ3) is 3.71. The van der Waals surface area contributed by atoms with Gasteiger partial charge in [0.2, 0.25) is 11.6 Å². The highest BCUT2D eigenvalue weighted by Crippen LogP contribution is 2.47. The molecule has 1 saturated heterocycles. The number of amides is 2. The van der Waals surface area contributed by atoms with Crippen molar-refractivity contribution in [3.05, 3.63) is 62.6 Å². The number of pyridine rings is 1. The second-order valence-corrected chi connectivity index (χ2v) is 9.77. The predicted octanol–water partition coefficient (Wildman–Crippen LogP) is 2.32. The Bertz CT molecular complexity index is 1420. The van der Waals surface area contributed by atoms with Crippen molar-refractivity contribution in [2.24, 2.45) is 5.16 Å². The van der Waals surface area contributed by atoms with E-state index in [9.17, 15) is 28.3 Å². The first-order valence-electron chi connectivity index (χ1n) is 12.0. The number of nitrogens with one attached hydrogen (secondary N) is 1. The van der Waals surface area contributed by atoms with Crippen LogP contribution in [-0.2, 0) is 16.1 Å². The van der Waals surface area contributed by atoms with Crippen molar-refractivity contribution in [1.29, 1.82) is 0 Å². The van der Waals surface area contributed by atoms with E-state index in [1.807, 2.05) is 0 Å². The van der Waals surface area contributed by atoms with Crippen molar-refractivity contribution in [1.82, 2.24) is 14.8 Å². The number of hydrogen-bond acceptors (Lipinski definition) is 7. The van der Waals surface area contributed by atoms with Crippen LogP contribution in [-0.4, -0.2) is 63.8 Å². The number of methoxy groups -OCH3 is 1. The Balaban J connectivity index is 1.57. The molecule has 3 aliphatic rings. The Morgan fingerprint density at radius 1 is 1.32 bits per heavy atom. The number of nitrogens with zero attached hydrogens (tertiary/aromatic N) is 3.